The van der Waals surface area contributed by atoms with Gasteiger partial charge in [-0.25, -0.2) is 9.48 Å². The number of aromatic nitrogens is 3. The van der Waals surface area contributed by atoms with Crippen LogP contribution in [0.1, 0.15) is 17.4 Å². The van der Waals surface area contributed by atoms with Crippen LogP contribution in [0.4, 0.5) is 0 Å². The molecular weight excluding hydrogens is 277 g/mol. The fraction of sp³-hybridized carbons (Fsp3) is 0.182. The van der Waals surface area contributed by atoms with Crippen LogP contribution in [-0.4, -0.2) is 26.1 Å². The lowest BCUT2D eigenvalue weighted by molar-refractivity contribution is 0.0691. The van der Waals surface area contributed by atoms with Gasteiger partial charge in [-0.15, -0.1) is 5.10 Å². The average molecular weight is 286 g/mol. The lowest BCUT2D eigenvalue weighted by Crippen LogP contribution is -2.03. The molecule has 0 amide bonds. The first-order valence-corrected chi connectivity index (χ1v) is 5.92. The number of nitrogens with zero attached hydrogens (tertiary/aromatic N) is 3. The first-order valence-electron chi connectivity index (χ1n) is 5.16. The molecule has 1 N–H and O–H groups in total. The Labute approximate surface area is 113 Å². The highest BCUT2D eigenvalue weighted by molar-refractivity contribution is 6.42. The Hall–Kier alpha value is -1.59. The molecule has 94 valence electrons. The predicted octanol–water partition coefficient (Wildman–Crippen LogP) is 2.97. The van der Waals surface area contributed by atoms with Gasteiger partial charge < -0.3 is 5.11 Å². The molecule has 5 nitrogen and oxygen atoms in total. The maximum atomic E-state index is 11.1. The Bertz CT molecular complexity index is 610. The summed E-state index contributed by atoms with van der Waals surface area (Å²) in [5.41, 5.74) is 0.937. The van der Waals surface area contributed by atoms with Crippen LogP contribution in [0.5, 0.6) is 0 Å². The van der Waals surface area contributed by atoms with E-state index in [-0.39, 0.29) is 5.69 Å². The molecule has 1 aromatic heterocycles. The zero-order chi connectivity index (χ0) is 13.3. The van der Waals surface area contributed by atoms with Crippen LogP contribution in [0, 0.1) is 0 Å². The quantitative estimate of drug-likeness (QED) is 0.941. The zero-order valence-electron chi connectivity index (χ0n) is 9.39. The van der Waals surface area contributed by atoms with Gasteiger partial charge in [0.25, 0.3) is 0 Å². The molecule has 0 saturated heterocycles. The second kappa shape index (κ2) is 4.96. The molecule has 0 radical (unpaired) electrons. The smallest absolute Gasteiger partial charge is 0.358 e. The van der Waals surface area contributed by atoms with Gasteiger partial charge >= 0.3 is 5.97 Å². The van der Waals surface area contributed by atoms with Crippen molar-refractivity contribution >= 4 is 29.2 Å². The van der Waals surface area contributed by atoms with Gasteiger partial charge in [0.15, 0.2) is 5.69 Å². The van der Waals surface area contributed by atoms with Crippen LogP contribution in [0.2, 0.25) is 10.0 Å². The van der Waals surface area contributed by atoms with Gasteiger partial charge in [0.05, 0.1) is 10.0 Å². The summed E-state index contributed by atoms with van der Waals surface area (Å²) in [6.07, 6.45) is 0. The van der Waals surface area contributed by atoms with E-state index >= 15 is 0 Å². The van der Waals surface area contributed by atoms with E-state index in [9.17, 15) is 4.79 Å². The fourth-order valence-electron chi connectivity index (χ4n) is 1.61. The Morgan fingerprint density at radius 1 is 1.39 bits per heavy atom. The molecule has 18 heavy (non-hydrogen) atoms. The monoisotopic (exact) mass is 285 g/mol. The Kier molecular flexibility index (Phi) is 3.54. The van der Waals surface area contributed by atoms with E-state index in [1.807, 2.05) is 6.92 Å². The van der Waals surface area contributed by atoms with Crippen molar-refractivity contribution in [3.63, 3.8) is 0 Å². The Morgan fingerprint density at radius 2 is 2.11 bits per heavy atom. The number of aryl methyl sites for hydroxylation is 1. The van der Waals surface area contributed by atoms with Gasteiger partial charge in [0.1, 0.15) is 5.69 Å². The van der Waals surface area contributed by atoms with Gasteiger partial charge in [-0.3, -0.25) is 0 Å². The molecule has 0 aliphatic rings. The third-order valence-electron chi connectivity index (χ3n) is 2.43. The van der Waals surface area contributed by atoms with Crippen LogP contribution in [0.3, 0.4) is 0 Å². The molecule has 0 spiro atoms. The summed E-state index contributed by atoms with van der Waals surface area (Å²) in [5.74, 6) is -1.13. The number of carboxylic acid groups (broad SMARTS) is 1. The normalized spacial score (nSPS) is 10.6. The molecule has 0 aliphatic heterocycles. The van der Waals surface area contributed by atoms with Crippen molar-refractivity contribution in [2.24, 2.45) is 0 Å². The summed E-state index contributed by atoms with van der Waals surface area (Å²) >= 11 is 11.8. The van der Waals surface area contributed by atoms with Crippen molar-refractivity contribution in [2.75, 3.05) is 0 Å². The maximum absolute atomic E-state index is 11.1. The van der Waals surface area contributed by atoms with Crippen molar-refractivity contribution in [3.05, 3.63) is 33.9 Å². The van der Waals surface area contributed by atoms with Crippen LogP contribution in [-0.2, 0) is 6.54 Å². The molecule has 1 aromatic carbocycles. The van der Waals surface area contributed by atoms with Crippen LogP contribution in [0.15, 0.2) is 18.2 Å². The summed E-state index contributed by atoms with van der Waals surface area (Å²) in [5, 5.41) is 17.3. The second-order valence-electron chi connectivity index (χ2n) is 3.54. The van der Waals surface area contributed by atoms with Gasteiger partial charge in [0.2, 0.25) is 0 Å². The zero-order valence-corrected chi connectivity index (χ0v) is 10.9. The number of carboxylic acids is 1. The number of benzene rings is 1. The summed E-state index contributed by atoms with van der Waals surface area (Å²) in [6, 6.07) is 4.89. The minimum atomic E-state index is -1.13. The van der Waals surface area contributed by atoms with E-state index in [4.69, 9.17) is 28.3 Å². The molecule has 2 aromatic rings. The van der Waals surface area contributed by atoms with Gasteiger partial charge in [-0.2, -0.15) is 0 Å². The summed E-state index contributed by atoms with van der Waals surface area (Å²) in [4.78, 5) is 11.1. The van der Waals surface area contributed by atoms with E-state index in [1.165, 1.54) is 4.68 Å². The third-order valence-corrected chi connectivity index (χ3v) is 3.17. The average Bonchev–Trinajstić information content (AvgIpc) is 2.76. The van der Waals surface area contributed by atoms with E-state index in [0.717, 1.165) is 0 Å². The van der Waals surface area contributed by atoms with Gasteiger partial charge in [0, 0.05) is 12.1 Å². The van der Waals surface area contributed by atoms with Gasteiger partial charge in [-0.1, -0.05) is 34.5 Å². The van der Waals surface area contributed by atoms with E-state index in [2.05, 4.69) is 10.3 Å². The molecule has 0 aliphatic carbocycles. The minimum Gasteiger partial charge on any atom is -0.476 e. The molecule has 0 fully saturated rings. The Morgan fingerprint density at radius 3 is 2.67 bits per heavy atom. The highest BCUT2D eigenvalue weighted by Gasteiger charge is 2.20. The SMILES string of the molecule is CCn1nnc(C(=O)O)c1-c1ccc(Cl)c(Cl)c1. The van der Waals surface area contributed by atoms with E-state index in [1.54, 1.807) is 18.2 Å². The lowest BCUT2D eigenvalue weighted by atomic mass is 10.1. The lowest BCUT2D eigenvalue weighted by Gasteiger charge is -2.06. The third kappa shape index (κ3) is 2.19. The first kappa shape index (κ1) is 12.9. The molecule has 0 atom stereocenters. The standard InChI is InChI=1S/C11H9Cl2N3O2/c1-2-16-10(9(11(17)18)14-15-16)6-3-4-7(12)8(13)5-6/h3-5H,2H2,1H3,(H,17,18). The summed E-state index contributed by atoms with van der Waals surface area (Å²) in [6.45, 7) is 2.36. The van der Waals surface area contributed by atoms with Crippen LogP contribution >= 0.6 is 23.2 Å². The molecule has 0 saturated carbocycles. The molecule has 0 bridgehead atoms. The number of carbonyl (C=O) groups is 1. The Balaban J connectivity index is 2.64. The fourth-order valence-corrected chi connectivity index (χ4v) is 1.91. The second-order valence-corrected chi connectivity index (χ2v) is 4.35. The molecular formula is C11H9Cl2N3O2. The van der Waals surface area contributed by atoms with Crippen LogP contribution in [0.25, 0.3) is 11.3 Å². The number of halogens is 2. The topological polar surface area (TPSA) is 68.0 Å². The van der Waals surface area contributed by atoms with E-state index < -0.39 is 5.97 Å². The van der Waals surface area contributed by atoms with Crippen molar-refractivity contribution < 1.29 is 9.90 Å². The molecule has 2 rings (SSSR count). The highest BCUT2D eigenvalue weighted by atomic mass is 35.5. The van der Waals surface area contributed by atoms with Crippen molar-refractivity contribution in [2.45, 2.75) is 13.5 Å². The highest BCUT2D eigenvalue weighted by Crippen LogP contribution is 2.29. The number of hydrogen-bond donors (Lipinski definition) is 1. The predicted molar refractivity (Wildman–Crippen MR) is 68.1 cm³/mol. The summed E-state index contributed by atoms with van der Waals surface area (Å²) in [7, 11) is 0. The van der Waals surface area contributed by atoms with Crippen molar-refractivity contribution in [1.29, 1.82) is 0 Å². The number of rotatable bonds is 3. The molecule has 0 unspecified atom stereocenters. The first-order chi connectivity index (χ1) is 8.54. The van der Waals surface area contributed by atoms with Gasteiger partial charge in [-0.05, 0) is 19.1 Å². The minimum absolute atomic E-state index is 0.102. The van der Waals surface area contributed by atoms with Crippen molar-refractivity contribution in [1.82, 2.24) is 15.0 Å². The van der Waals surface area contributed by atoms with Crippen LogP contribution < -0.4 is 0 Å². The van der Waals surface area contributed by atoms with Crippen molar-refractivity contribution in [3.8, 4) is 11.3 Å². The molecule has 1 heterocycles. The maximum Gasteiger partial charge on any atom is 0.358 e. The summed E-state index contributed by atoms with van der Waals surface area (Å²) < 4.78 is 1.50. The molecule has 7 heteroatoms. The number of hydrogen-bond acceptors (Lipinski definition) is 3. The largest absolute Gasteiger partial charge is 0.476 e. The number of aromatic carboxylic acids is 1. The van der Waals surface area contributed by atoms with E-state index in [0.29, 0.717) is 27.8 Å².